The highest BCUT2D eigenvalue weighted by Crippen LogP contribution is 2.26. The lowest BCUT2D eigenvalue weighted by atomic mass is 9.99. The minimum atomic E-state index is -0.243. The molecule has 1 saturated heterocycles. The van der Waals surface area contributed by atoms with E-state index in [0.29, 0.717) is 19.1 Å². The van der Waals surface area contributed by atoms with Crippen LogP contribution in [0.25, 0.3) is 16.4 Å². The van der Waals surface area contributed by atoms with Gasteiger partial charge in [-0.15, -0.1) is 0 Å². The number of hydrogen-bond donors (Lipinski definition) is 2. The van der Waals surface area contributed by atoms with Crippen LogP contribution in [0.3, 0.4) is 0 Å². The third-order valence-electron chi connectivity index (χ3n) is 6.73. The van der Waals surface area contributed by atoms with E-state index in [1.807, 2.05) is 51.9 Å². The van der Waals surface area contributed by atoms with Crippen LogP contribution in [0.2, 0.25) is 0 Å². The maximum atomic E-state index is 13.6. The van der Waals surface area contributed by atoms with Crippen LogP contribution in [0.5, 0.6) is 0 Å². The van der Waals surface area contributed by atoms with Gasteiger partial charge in [0.15, 0.2) is 5.82 Å². The van der Waals surface area contributed by atoms with Gasteiger partial charge >= 0.3 is 0 Å². The van der Waals surface area contributed by atoms with Crippen molar-refractivity contribution in [2.45, 2.75) is 26.0 Å². The van der Waals surface area contributed by atoms with Gasteiger partial charge in [0, 0.05) is 29.4 Å². The molecule has 6 rings (SSSR count). The van der Waals surface area contributed by atoms with Crippen molar-refractivity contribution < 1.29 is 9.13 Å². The molecule has 1 aliphatic rings. The number of ether oxygens (including phenoxy) is 1. The van der Waals surface area contributed by atoms with E-state index >= 15 is 0 Å². The number of halogens is 1. The Morgan fingerprint density at radius 2 is 2.00 bits per heavy atom. The van der Waals surface area contributed by atoms with E-state index < -0.39 is 0 Å². The SMILES string of the molecule is Fc1cccc(Cn2ncc3cc(Nc4ncnn5ccc(COCC6CCNCC6)c45)ccc32)c1. The van der Waals surface area contributed by atoms with Gasteiger partial charge in [0.25, 0.3) is 0 Å². The minimum absolute atomic E-state index is 0.243. The normalized spacial score (nSPS) is 14.6. The highest BCUT2D eigenvalue weighted by Gasteiger charge is 2.15. The van der Waals surface area contributed by atoms with Crippen molar-refractivity contribution >= 4 is 27.9 Å². The summed E-state index contributed by atoms with van der Waals surface area (Å²) in [6.07, 6.45) is 7.63. The van der Waals surface area contributed by atoms with Crippen molar-refractivity contribution in [1.82, 2.24) is 29.7 Å². The summed E-state index contributed by atoms with van der Waals surface area (Å²) in [4.78, 5) is 4.52. The van der Waals surface area contributed by atoms with Crippen molar-refractivity contribution in [2.75, 3.05) is 25.0 Å². The minimum Gasteiger partial charge on any atom is -0.376 e. The summed E-state index contributed by atoms with van der Waals surface area (Å²) in [5.74, 6) is 1.09. The van der Waals surface area contributed by atoms with Gasteiger partial charge in [0.05, 0.1) is 24.9 Å². The Morgan fingerprint density at radius 3 is 2.89 bits per heavy atom. The van der Waals surface area contributed by atoms with Gasteiger partial charge in [-0.3, -0.25) is 4.68 Å². The fourth-order valence-corrected chi connectivity index (χ4v) is 4.85. The van der Waals surface area contributed by atoms with Gasteiger partial charge in [-0.2, -0.15) is 10.2 Å². The third kappa shape index (κ3) is 4.80. The lowest BCUT2D eigenvalue weighted by Crippen LogP contribution is -2.29. The number of fused-ring (bicyclic) bond motifs is 2. The smallest absolute Gasteiger partial charge is 0.158 e. The first kappa shape index (κ1) is 22.6. The zero-order valence-electron chi connectivity index (χ0n) is 19.9. The molecule has 3 aromatic heterocycles. The highest BCUT2D eigenvalue weighted by atomic mass is 19.1. The molecule has 0 saturated carbocycles. The standard InChI is InChI=1S/C27H28FN7O/c28-23-3-1-2-20(12-23)15-35-25-5-4-24(13-22(25)14-31-35)33-27-26-21(8-11-34(26)32-18-30-27)17-36-16-19-6-9-29-10-7-19/h1-5,8,11-14,18-19,29H,6-7,9-10,15-17H2,(H,30,32,33). The van der Waals surface area contributed by atoms with Gasteiger partial charge in [0.2, 0.25) is 0 Å². The van der Waals surface area contributed by atoms with E-state index in [0.717, 1.165) is 71.6 Å². The van der Waals surface area contributed by atoms with E-state index in [1.54, 1.807) is 12.4 Å². The fourth-order valence-electron chi connectivity index (χ4n) is 4.85. The lowest BCUT2D eigenvalue weighted by Gasteiger charge is -2.22. The molecule has 0 atom stereocenters. The Balaban J connectivity index is 1.20. The molecule has 1 fully saturated rings. The van der Waals surface area contributed by atoms with Crippen molar-refractivity contribution in [3.63, 3.8) is 0 Å². The molecule has 0 unspecified atom stereocenters. The maximum absolute atomic E-state index is 13.6. The first-order chi connectivity index (χ1) is 17.7. The average molecular weight is 486 g/mol. The zero-order chi connectivity index (χ0) is 24.3. The van der Waals surface area contributed by atoms with Crippen LogP contribution in [-0.2, 0) is 17.9 Å². The molecule has 0 aliphatic carbocycles. The quantitative estimate of drug-likeness (QED) is 0.336. The molecular weight excluding hydrogens is 457 g/mol. The molecule has 0 radical (unpaired) electrons. The third-order valence-corrected chi connectivity index (χ3v) is 6.73. The van der Waals surface area contributed by atoms with Crippen molar-refractivity contribution in [3.05, 3.63) is 84.2 Å². The van der Waals surface area contributed by atoms with Crippen LogP contribution in [0.4, 0.5) is 15.9 Å². The van der Waals surface area contributed by atoms with Crippen LogP contribution in [0.1, 0.15) is 24.0 Å². The van der Waals surface area contributed by atoms with Gasteiger partial charge in [-0.05, 0) is 73.8 Å². The molecular formula is C27H28FN7O. The molecule has 2 N–H and O–H groups in total. The van der Waals surface area contributed by atoms with Gasteiger partial charge in [-0.1, -0.05) is 12.1 Å². The predicted octanol–water partition coefficient (Wildman–Crippen LogP) is 4.53. The van der Waals surface area contributed by atoms with E-state index in [1.165, 1.54) is 12.1 Å². The molecule has 1 aliphatic heterocycles. The van der Waals surface area contributed by atoms with Gasteiger partial charge < -0.3 is 15.4 Å². The summed E-state index contributed by atoms with van der Waals surface area (Å²) < 4.78 is 23.4. The highest BCUT2D eigenvalue weighted by molar-refractivity contribution is 5.85. The molecule has 0 bridgehead atoms. The fraction of sp³-hybridized carbons (Fsp3) is 0.296. The number of nitrogens with zero attached hydrogens (tertiary/aromatic N) is 5. The lowest BCUT2D eigenvalue weighted by molar-refractivity contribution is 0.0770. The average Bonchev–Trinajstić information content (AvgIpc) is 3.49. The molecule has 0 amide bonds. The summed E-state index contributed by atoms with van der Waals surface area (Å²) in [5, 5.41) is 16.7. The first-order valence-corrected chi connectivity index (χ1v) is 12.3. The van der Waals surface area contributed by atoms with Gasteiger partial charge in [0.1, 0.15) is 17.7 Å². The number of piperidine rings is 1. The van der Waals surface area contributed by atoms with E-state index in [-0.39, 0.29) is 5.82 Å². The Hall–Kier alpha value is -3.82. The summed E-state index contributed by atoms with van der Waals surface area (Å²) in [5.41, 5.74) is 4.71. The Bertz CT molecular complexity index is 1490. The van der Waals surface area contributed by atoms with E-state index in [9.17, 15) is 4.39 Å². The second-order valence-electron chi connectivity index (χ2n) is 9.28. The van der Waals surface area contributed by atoms with Crippen LogP contribution in [0.15, 0.2) is 67.3 Å². The number of benzene rings is 2. The number of anilines is 2. The maximum Gasteiger partial charge on any atom is 0.158 e. The number of aromatic nitrogens is 5. The summed E-state index contributed by atoms with van der Waals surface area (Å²) in [6.45, 7) is 3.93. The molecule has 8 nitrogen and oxygen atoms in total. The van der Waals surface area contributed by atoms with Crippen LogP contribution in [-0.4, -0.2) is 44.1 Å². The van der Waals surface area contributed by atoms with Gasteiger partial charge in [-0.25, -0.2) is 13.9 Å². The molecule has 36 heavy (non-hydrogen) atoms. The van der Waals surface area contributed by atoms with Crippen LogP contribution in [0, 0.1) is 11.7 Å². The topological polar surface area (TPSA) is 81.3 Å². The molecule has 184 valence electrons. The number of hydrogen-bond acceptors (Lipinski definition) is 6. The summed E-state index contributed by atoms with van der Waals surface area (Å²) >= 11 is 0. The van der Waals surface area contributed by atoms with Crippen molar-refractivity contribution in [1.29, 1.82) is 0 Å². The van der Waals surface area contributed by atoms with Crippen LogP contribution < -0.4 is 10.6 Å². The van der Waals surface area contributed by atoms with E-state index in [2.05, 4.69) is 25.8 Å². The Kier molecular flexibility index (Phi) is 6.31. The molecule has 2 aromatic carbocycles. The second kappa shape index (κ2) is 10.0. The number of nitrogens with one attached hydrogen (secondary N) is 2. The Labute approximate surface area is 208 Å². The molecule has 0 spiro atoms. The number of rotatable bonds is 8. The predicted molar refractivity (Wildman–Crippen MR) is 137 cm³/mol. The van der Waals surface area contributed by atoms with Crippen molar-refractivity contribution in [2.24, 2.45) is 5.92 Å². The summed E-state index contributed by atoms with van der Waals surface area (Å²) in [6, 6.07) is 14.7. The second-order valence-corrected chi connectivity index (χ2v) is 9.28. The van der Waals surface area contributed by atoms with Crippen LogP contribution >= 0.6 is 0 Å². The Morgan fingerprint density at radius 1 is 1.08 bits per heavy atom. The monoisotopic (exact) mass is 485 g/mol. The molecule has 4 heterocycles. The first-order valence-electron chi connectivity index (χ1n) is 12.3. The molecule has 9 heteroatoms. The summed E-state index contributed by atoms with van der Waals surface area (Å²) in [7, 11) is 0. The van der Waals surface area contributed by atoms with Crippen molar-refractivity contribution in [3.8, 4) is 0 Å². The van der Waals surface area contributed by atoms with E-state index in [4.69, 9.17) is 4.74 Å². The molecule has 5 aromatic rings. The largest absolute Gasteiger partial charge is 0.376 e. The zero-order valence-corrected chi connectivity index (χ0v) is 19.9.